The van der Waals surface area contributed by atoms with Crippen molar-refractivity contribution in [1.82, 2.24) is 10.6 Å². The Morgan fingerprint density at radius 2 is 1.90 bits per heavy atom. The first-order valence-electron chi connectivity index (χ1n) is 6.87. The first-order valence-corrected chi connectivity index (χ1v) is 6.87. The normalized spacial score (nSPS) is 27.4. The second kappa shape index (κ2) is 7.12. The third kappa shape index (κ3) is 5.07. The number of nitrogens with two attached hydrogens (primary N) is 1. The fourth-order valence-electron chi connectivity index (χ4n) is 2.47. The molecule has 0 aliphatic heterocycles. The van der Waals surface area contributed by atoms with Gasteiger partial charge in [-0.3, -0.25) is 4.79 Å². The molecule has 1 aliphatic carbocycles. The molecular formula is C13H23N3O4. The second-order valence-electron chi connectivity index (χ2n) is 5.64. The van der Waals surface area contributed by atoms with Crippen LogP contribution in [0.4, 0.5) is 4.79 Å². The summed E-state index contributed by atoms with van der Waals surface area (Å²) >= 11 is 0. The number of nitrogens with one attached hydrogen (secondary N) is 2. The third-order valence-corrected chi connectivity index (χ3v) is 3.94. The number of carboxylic acid groups (broad SMARTS) is 1. The van der Waals surface area contributed by atoms with Gasteiger partial charge in [0.1, 0.15) is 6.04 Å². The van der Waals surface area contributed by atoms with Crippen LogP contribution in [-0.4, -0.2) is 35.1 Å². The lowest BCUT2D eigenvalue weighted by molar-refractivity contribution is -0.140. The van der Waals surface area contributed by atoms with Gasteiger partial charge in [-0.15, -0.1) is 0 Å². The van der Waals surface area contributed by atoms with Crippen LogP contribution in [0, 0.1) is 11.8 Å². The summed E-state index contributed by atoms with van der Waals surface area (Å²) in [6, 6.07) is -1.80. The highest BCUT2D eigenvalue weighted by Crippen LogP contribution is 2.29. The zero-order chi connectivity index (χ0) is 15.3. The van der Waals surface area contributed by atoms with Crippen LogP contribution in [0.5, 0.6) is 0 Å². The fraction of sp³-hybridized carbons (Fsp3) is 0.769. The number of carbonyl (C=O) groups excluding carboxylic acids is 2. The van der Waals surface area contributed by atoms with Crippen molar-refractivity contribution in [3.63, 3.8) is 0 Å². The predicted molar refractivity (Wildman–Crippen MR) is 72.9 cm³/mol. The van der Waals surface area contributed by atoms with Crippen molar-refractivity contribution in [1.29, 1.82) is 0 Å². The smallest absolute Gasteiger partial charge is 0.326 e. The highest BCUT2D eigenvalue weighted by Gasteiger charge is 2.27. The summed E-state index contributed by atoms with van der Waals surface area (Å²) in [4.78, 5) is 33.4. The standard InChI is InChI=1S/C13H23N3O4/c1-7-3-4-9(5-8(7)2)15-13(20)16-10(12(18)19)6-11(14)17/h7-10H,3-6H2,1-2H3,(H2,14,17)(H,18,19)(H2,15,16,20)/t7?,8?,9?,10-/m1/s1. The lowest BCUT2D eigenvalue weighted by atomic mass is 9.79. The minimum absolute atomic E-state index is 0.0456. The molecule has 4 atom stereocenters. The molecule has 0 saturated heterocycles. The molecule has 0 aromatic heterocycles. The van der Waals surface area contributed by atoms with Crippen molar-refractivity contribution in [3.05, 3.63) is 0 Å². The summed E-state index contributed by atoms with van der Waals surface area (Å²) in [6.45, 7) is 4.33. The van der Waals surface area contributed by atoms with Gasteiger partial charge in [-0.05, 0) is 31.1 Å². The summed E-state index contributed by atoms with van der Waals surface area (Å²) < 4.78 is 0. The van der Waals surface area contributed by atoms with E-state index in [1.54, 1.807) is 0 Å². The van der Waals surface area contributed by atoms with E-state index in [2.05, 4.69) is 24.5 Å². The van der Waals surface area contributed by atoms with E-state index in [9.17, 15) is 14.4 Å². The Morgan fingerprint density at radius 3 is 2.40 bits per heavy atom. The maximum atomic E-state index is 11.8. The Bertz CT molecular complexity index is 386. The lowest BCUT2D eigenvalue weighted by Crippen LogP contribution is -2.51. The lowest BCUT2D eigenvalue weighted by Gasteiger charge is -2.32. The number of carboxylic acids is 1. The molecular weight excluding hydrogens is 262 g/mol. The van der Waals surface area contributed by atoms with E-state index in [1.807, 2.05) is 0 Å². The molecule has 7 nitrogen and oxygen atoms in total. The van der Waals surface area contributed by atoms with Gasteiger partial charge in [0.05, 0.1) is 6.42 Å². The Kier molecular flexibility index (Phi) is 5.79. The largest absolute Gasteiger partial charge is 0.480 e. The molecule has 3 unspecified atom stereocenters. The van der Waals surface area contributed by atoms with Crippen molar-refractivity contribution in [3.8, 4) is 0 Å². The molecule has 1 fully saturated rings. The zero-order valence-electron chi connectivity index (χ0n) is 11.9. The monoisotopic (exact) mass is 285 g/mol. The molecule has 20 heavy (non-hydrogen) atoms. The van der Waals surface area contributed by atoms with Crippen molar-refractivity contribution in [2.24, 2.45) is 17.6 Å². The summed E-state index contributed by atoms with van der Waals surface area (Å²) in [5.41, 5.74) is 4.95. The van der Waals surface area contributed by atoms with Crippen molar-refractivity contribution in [2.45, 2.75) is 51.6 Å². The molecule has 114 valence electrons. The Morgan fingerprint density at radius 1 is 1.25 bits per heavy atom. The number of carbonyl (C=O) groups is 3. The van der Waals surface area contributed by atoms with Gasteiger partial charge < -0.3 is 21.5 Å². The van der Waals surface area contributed by atoms with Crippen molar-refractivity contribution < 1.29 is 19.5 Å². The van der Waals surface area contributed by atoms with Gasteiger partial charge in [-0.1, -0.05) is 13.8 Å². The number of urea groups is 1. The first-order chi connectivity index (χ1) is 9.29. The molecule has 7 heteroatoms. The maximum Gasteiger partial charge on any atom is 0.326 e. The number of hydrogen-bond acceptors (Lipinski definition) is 3. The molecule has 0 aromatic rings. The van der Waals surface area contributed by atoms with Gasteiger partial charge in [0.25, 0.3) is 0 Å². The van der Waals surface area contributed by atoms with Gasteiger partial charge in [0.15, 0.2) is 0 Å². The van der Waals surface area contributed by atoms with E-state index < -0.39 is 30.4 Å². The quantitative estimate of drug-likeness (QED) is 0.585. The number of hydrogen-bond donors (Lipinski definition) is 4. The average Bonchev–Trinajstić information content (AvgIpc) is 2.32. The van der Waals surface area contributed by atoms with Gasteiger partial charge in [-0.25, -0.2) is 9.59 Å². The van der Waals surface area contributed by atoms with Crippen LogP contribution in [0.15, 0.2) is 0 Å². The van der Waals surface area contributed by atoms with Gasteiger partial charge >= 0.3 is 12.0 Å². The van der Waals surface area contributed by atoms with E-state index in [1.165, 1.54) is 0 Å². The van der Waals surface area contributed by atoms with Crippen LogP contribution < -0.4 is 16.4 Å². The summed E-state index contributed by atoms with van der Waals surface area (Å²) in [5, 5.41) is 13.9. The van der Waals surface area contributed by atoms with Crippen LogP contribution in [0.1, 0.15) is 39.5 Å². The molecule has 0 radical (unpaired) electrons. The van der Waals surface area contributed by atoms with E-state index in [0.717, 1.165) is 19.3 Å². The molecule has 0 aromatic carbocycles. The minimum atomic E-state index is -1.28. The Labute approximate surface area is 118 Å². The van der Waals surface area contributed by atoms with Crippen LogP contribution in [-0.2, 0) is 9.59 Å². The first kappa shape index (κ1) is 16.3. The number of aliphatic carboxylic acids is 1. The predicted octanol–water partition coefficient (Wildman–Crippen LogP) is 0.439. The van der Waals surface area contributed by atoms with E-state index in [0.29, 0.717) is 11.8 Å². The zero-order valence-corrected chi connectivity index (χ0v) is 11.9. The van der Waals surface area contributed by atoms with Crippen LogP contribution in [0.2, 0.25) is 0 Å². The SMILES string of the molecule is CC1CCC(NC(=O)N[C@H](CC(N)=O)C(=O)O)CC1C. The molecule has 5 N–H and O–H groups in total. The van der Waals surface area contributed by atoms with Crippen LogP contribution >= 0.6 is 0 Å². The highest BCUT2D eigenvalue weighted by atomic mass is 16.4. The van der Waals surface area contributed by atoms with Crippen LogP contribution in [0.25, 0.3) is 0 Å². The molecule has 1 aliphatic rings. The average molecular weight is 285 g/mol. The highest BCUT2D eigenvalue weighted by molar-refractivity contribution is 5.87. The maximum absolute atomic E-state index is 11.8. The van der Waals surface area contributed by atoms with E-state index in [4.69, 9.17) is 10.8 Å². The third-order valence-electron chi connectivity index (χ3n) is 3.94. The van der Waals surface area contributed by atoms with Gasteiger partial charge in [0.2, 0.25) is 5.91 Å². The summed E-state index contributed by atoms with van der Waals surface area (Å²) in [7, 11) is 0. The molecule has 3 amide bonds. The summed E-state index contributed by atoms with van der Waals surface area (Å²) in [5.74, 6) is -0.880. The van der Waals surface area contributed by atoms with Gasteiger partial charge in [-0.2, -0.15) is 0 Å². The molecule has 1 saturated carbocycles. The molecule has 1 rings (SSSR count). The number of primary amides is 1. The van der Waals surface area contributed by atoms with Crippen molar-refractivity contribution >= 4 is 17.9 Å². The Balaban J connectivity index is 2.45. The minimum Gasteiger partial charge on any atom is -0.480 e. The summed E-state index contributed by atoms with van der Waals surface area (Å²) in [6.07, 6.45) is 2.38. The second-order valence-corrected chi connectivity index (χ2v) is 5.64. The number of rotatable bonds is 5. The van der Waals surface area contributed by atoms with E-state index in [-0.39, 0.29) is 6.04 Å². The topological polar surface area (TPSA) is 122 Å². The fourth-order valence-corrected chi connectivity index (χ4v) is 2.47. The van der Waals surface area contributed by atoms with Crippen LogP contribution in [0.3, 0.4) is 0 Å². The molecule has 0 heterocycles. The van der Waals surface area contributed by atoms with Gasteiger partial charge in [0, 0.05) is 6.04 Å². The molecule has 0 bridgehead atoms. The van der Waals surface area contributed by atoms with E-state index >= 15 is 0 Å². The Hall–Kier alpha value is -1.79. The van der Waals surface area contributed by atoms with Crippen molar-refractivity contribution in [2.75, 3.05) is 0 Å². The number of amides is 3. The molecule has 0 spiro atoms.